The Morgan fingerprint density at radius 3 is 2.47 bits per heavy atom. The highest BCUT2D eigenvalue weighted by Gasteiger charge is 2.34. The molecule has 1 radical (unpaired) electrons. The van der Waals surface area contributed by atoms with E-state index >= 15 is 0 Å². The van der Waals surface area contributed by atoms with Crippen molar-refractivity contribution < 1.29 is 18.0 Å². The highest BCUT2D eigenvalue weighted by Crippen LogP contribution is 2.32. The molecule has 0 unspecified atom stereocenters. The summed E-state index contributed by atoms with van der Waals surface area (Å²) in [6.07, 6.45) is -4.56. The number of carbonyl (C=O) groups is 1. The van der Waals surface area contributed by atoms with Crippen molar-refractivity contribution in [3.05, 3.63) is 65.7 Å². The summed E-state index contributed by atoms with van der Waals surface area (Å²) in [7, 11) is 0. The van der Waals surface area contributed by atoms with Gasteiger partial charge in [-0.05, 0) is 30.3 Å². The zero-order valence-electron chi connectivity index (χ0n) is 9.66. The smallest absolute Gasteiger partial charge is 0.322 e. The molecule has 97 valence electrons. The topological polar surface area (TPSA) is 29.1 Å². The van der Waals surface area contributed by atoms with E-state index < -0.39 is 23.2 Å². The van der Waals surface area contributed by atoms with E-state index in [2.05, 4.69) is 11.4 Å². The van der Waals surface area contributed by atoms with E-state index in [1.165, 1.54) is 18.2 Å². The molecule has 0 saturated heterocycles. The standard InChI is InChI=1S/C14H9F3NO/c15-14(16,17)12-9-5-4-8-11(12)13(19)18-10-6-2-1-3-7-10/h1-2,4-9H,(H,18,19). The summed E-state index contributed by atoms with van der Waals surface area (Å²) >= 11 is 0. The van der Waals surface area contributed by atoms with Crippen LogP contribution in [0, 0.1) is 6.07 Å². The summed E-state index contributed by atoms with van der Waals surface area (Å²) in [5.41, 5.74) is -0.962. The molecular formula is C14H9F3NO. The number of halogens is 3. The van der Waals surface area contributed by atoms with Crippen molar-refractivity contribution in [2.75, 3.05) is 5.32 Å². The van der Waals surface area contributed by atoms with Gasteiger partial charge in [-0.3, -0.25) is 4.79 Å². The highest BCUT2D eigenvalue weighted by molar-refractivity contribution is 6.05. The Labute approximate surface area is 107 Å². The minimum atomic E-state index is -4.56. The normalized spacial score (nSPS) is 11.1. The van der Waals surface area contributed by atoms with Crippen LogP contribution in [0.25, 0.3) is 0 Å². The van der Waals surface area contributed by atoms with Crippen LogP contribution in [0.3, 0.4) is 0 Å². The second-order valence-corrected chi connectivity index (χ2v) is 3.79. The monoisotopic (exact) mass is 264 g/mol. The quantitative estimate of drug-likeness (QED) is 0.879. The first-order valence-corrected chi connectivity index (χ1v) is 5.42. The third kappa shape index (κ3) is 3.13. The molecule has 0 atom stereocenters. The number of nitrogens with one attached hydrogen (secondary N) is 1. The van der Waals surface area contributed by atoms with Crippen LogP contribution in [0.4, 0.5) is 18.9 Å². The Kier molecular flexibility index (Phi) is 3.55. The minimum Gasteiger partial charge on any atom is -0.322 e. The van der Waals surface area contributed by atoms with Crippen LogP contribution >= 0.6 is 0 Å². The number of rotatable bonds is 2. The van der Waals surface area contributed by atoms with E-state index in [-0.39, 0.29) is 0 Å². The van der Waals surface area contributed by atoms with Gasteiger partial charge in [-0.25, -0.2) is 0 Å². The van der Waals surface area contributed by atoms with Crippen LogP contribution in [0.5, 0.6) is 0 Å². The molecule has 0 aliphatic heterocycles. The number of hydrogen-bond acceptors (Lipinski definition) is 1. The van der Waals surface area contributed by atoms with Gasteiger partial charge < -0.3 is 5.32 Å². The molecule has 0 aliphatic carbocycles. The van der Waals surface area contributed by atoms with Gasteiger partial charge in [-0.15, -0.1) is 0 Å². The molecule has 2 aromatic carbocycles. The van der Waals surface area contributed by atoms with Gasteiger partial charge in [0, 0.05) is 5.69 Å². The molecule has 1 N–H and O–H groups in total. The maximum atomic E-state index is 12.8. The van der Waals surface area contributed by atoms with Gasteiger partial charge in [0.2, 0.25) is 0 Å². The molecule has 0 aliphatic rings. The van der Waals surface area contributed by atoms with Gasteiger partial charge in [0.1, 0.15) is 0 Å². The average Bonchev–Trinajstić information content (AvgIpc) is 2.39. The van der Waals surface area contributed by atoms with Gasteiger partial charge in [-0.1, -0.05) is 24.3 Å². The molecule has 1 amide bonds. The zero-order chi connectivity index (χ0) is 13.9. The maximum Gasteiger partial charge on any atom is 0.417 e. The van der Waals surface area contributed by atoms with Crippen molar-refractivity contribution in [2.24, 2.45) is 0 Å². The van der Waals surface area contributed by atoms with Crippen LogP contribution in [-0.4, -0.2) is 5.91 Å². The van der Waals surface area contributed by atoms with Crippen molar-refractivity contribution in [3.8, 4) is 0 Å². The molecule has 0 spiro atoms. The molecule has 2 rings (SSSR count). The summed E-state index contributed by atoms with van der Waals surface area (Å²) in [5, 5.41) is 2.40. The highest BCUT2D eigenvalue weighted by atomic mass is 19.4. The van der Waals surface area contributed by atoms with Gasteiger partial charge in [-0.2, -0.15) is 13.2 Å². The molecule has 0 bridgehead atoms. The number of hydrogen-bond donors (Lipinski definition) is 1. The molecule has 5 heteroatoms. The second-order valence-electron chi connectivity index (χ2n) is 3.79. The van der Waals surface area contributed by atoms with Crippen LogP contribution in [0.15, 0.2) is 48.5 Å². The number of amides is 1. The second kappa shape index (κ2) is 5.14. The predicted octanol–water partition coefficient (Wildman–Crippen LogP) is 3.76. The van der Waals surface area contributed by atoms with Crippen molar-refractivity contribution in [1.29, 1.82) is 0 Å². The summed E-state index contributed by atoms with van der Waals surface area (Å²) in [5.74, 6) is -0.799. The van der Waals surface area contributed by atoms with Crippen molar-refractivity contribution in [3.63, 3.8) is 0 Å². The van der Waals surface area contributed by atoms with Gasteiger partial charge in [0.05, 0.1) is 11.1 Å². The fourth-order valence-electron chi connectivity index (χ4n) is 1.60. The molecular weight excluding hydrogens is 255 g/mol. The lowest BCUT2D eigenvalue weighted by atomic mass is 10.1. The Morgan fingerprint density at radius 2 is 1.84 bits per heavy atom. The average molecular weight is 264 g/mol. The van der Waals surface area contributed by atoms with E-state index in [4.69, 9.17) is 0 Å². The SMILES string of the molecule is O=C(Nc1c[c]ccc1)c1ccccc1C(F)(F)F. The van der Waals surface area contributed by atoms with Crippen molar-refractivity contribution in [1.82, 2.24) is 0 Å². The van der Waals surface area contributed by atoms with E-state index in [0.717, 1.165) is 12.1 Å². The van der Waals surface area contributed by atoms with Gasteiger partial charge in [0.15, 0.2) is 0 Å². The number of anilines is 1. The largest absolute Gasteiger partial charge is 0.417 e. The first kappa shape index (κ1) is 13.1. The van der Waals surface area contributed by atoms with E-state index in [1.807, 2.05) is 0 Å². The summed E-state index contributed by atoms with van der Waals surface area (Å²) in [6.45, 7) is 0. The fourth-order valence-corrected chi connectivity index (χ4v) is 1.60. The molecule has 0 fully saturated rings. The zero-order valence-corrected chi connectivity index (χ0v) is 9.66. The Hall–Kier alpha value is -2.30. The Morgan fingerprint density at radius 1 is 1.11 bits per heavy atom. The summed E-state index contributed by atoms with van der Waals surface area (Å²) in [4.78, 5) is 11.9. The molecule has 2 nitrogen and oxygen atoms in total. The lowest BCUT2D eigenvalue weighted by molar-refractivity contribution is -0.137. The molecule has 0 aromatic heterocycles. The van der Waals surface area contributed by atoms with Gasteiger partial charge in [0.25, 0.3) is 5.91 Å². The lowest BCUT2D eigenvalue weighted by Crippen LogP contribution is -2.18. The van der Waals surface area contributed by atoms with E-state index in [9.17, 15) is 18.0 Å². The van der Waals surface area contributed by atoms with E-state index in [1.54, 1.807) is 18.2 Å². The minimum absolute atomic E-state index is 0.393. The predicted molar refractivity (Wildman–Crippen MR) is 64.7 cm³/mol. The molecule has 0 heterocycles. The van der Waals surface area contributed by atoms with E-state index in [0.29, 0.717) is 5.69 Å². The van der Waals surface area contributed by atoms with Crippen molar-refractivity contribution in [2.45, 2.75) is 6.18 Å². The van der Waals surface area contributed by atoms with Crippen LogP contribution in [0.1, 0.15) is 15.9 Å². The van der Waals surface area contributed by atoms with Crippen LogP contribution < -0.4 is 5.32 Å². The van der Waals surface area contributed by atoms with Crippen LogP contribution in [0.2, 0.25) is 0 Å². The van der Waals surface area contributed by atoms with Gasteiger partial charge >= 0.3 is 6.18 Å². The van der Waals surface area contributed by atoms with Crippen molar-refractivity contribution >= 4 is 11.6 Å². The molecule has 2 aromatic rings. The number of benzene rings is 2. The first-order valence-electron chi connectivity index (χ1n) is 5.42. The summed E-state index contributed by atoms with van der Waals surface area (Å²) in [6, 6.07) is 13.7. The van der Waals surface area contributed by atoms with Crippen LogP contribution in [-0.2, 0) is 6.18 Å². The molecule has 0 saturated carbocycles. The molecule has 19 heavy (non-hydrogen) atoms. The lowest BCUT2D eigenvalue weighted by Gasteiger charge is -2.12. The third-order valence-corrected chi connectivity index (χ3v) is 2.44. The number of carbonyl (C=O) groups excluding carboxylic acids is 1. The summed E-state index contributed by atoms with van der Waals surface area (Å²) < 4.78 is 38.3. The third-order valence-electron chi connectivity index (χ3n) is 2.44. The fraction of sp³-hybridized carbons (Fsp3) is 0.0714. The first-order chi connectivity index (χ1) is 8.98. The number of alkyl halides is 3. The maximum absolute atomic E-state index is 12.8. The Bertz CT molecular complexity index is 579. The Balaban J connectivity index is 2.30.